The molecule has 1 saturated heterocycles. The van der Waals surface area contributed by atoms with Crippen LogP contribution in [0.15, 0.2) is 5.38 Å². The number of aromatic nitrogens is 1. The number of nitrogens with one attached hydrogen (secondary N) is 1. The number of aryl methyl sites for hydroxylation is 1. The zero-order chi connectivity index (χ0) is 17.0. The molecule has 0 aliphatic carbocycles. The molecule has 23 heavy (non-hydrogen) atoms. The Labute approximate surface area is 143 Å². The maximum Gasteiger partial charge on any atom is 0.410 e. The lowest BCUT2D eigenvalue weighted by atomic mass is 10.0. The summed E-state index contributed by atoms with van der Waals surface area (Å²) in [7, 11) is 0. The minimum absolute atomic E-state index is 0.193. The van der Waals surface area contributed by atoms with Gasteiger partial charge in [0, 0.05) is 30.6 Å². The molecule has 1 aliphatic heterocycles. The predicted octanol–water partition coefficient (Wildman–Crippen LogP) is 3.89. The lowest BCUT2D eigenvalue weighted by molar-refractivity contribution is 0.00970. The van der Waals surface area contributed by atoms with E-state index in [4.69, 9.17) is 4.74 Å². The summed E-state index contributed by atoms with van der Waals surface area (Å²) >= 11 is 1.67. The van der Waals surface area contributed by atoms with Crippen LogP contribution < -0.4 is 5.32 Å². The van der Waals surface area contributed by atoms with Gasteiger partial charge in [-0.05, 0) is 53.9 Å². The first-order chi connectivity index (χ1) is 10.8. The van der Waals surface area contributed by atoms with Crippen LogP contribution in [0.5, 0.6) is 0 Å². The number of nitrogens with zero attached hydrogens (tertiary/aromatic N) is 2. The zero-order valence-corrected chi connectivity index (χ0v) is 15.7. The standard InChI is InChI=1S/C17H29N3O2S/c1-12(15-11-23-13(2)19-15)18-10-14-8-6-7-9-20(14)16(21)22-17(3,4)5/h11-12,14,18H,6-10H2,1-5H3. The lowest BCUT2D eigenvalue weighted by Crippen LogP contribution is -2.50. The smallest absolute Gasteiger partial charge is 0.410 e. The van der Waals surface area contributed by atoms with Crippen molar-refractivity contribution in [2.24, 2.45) is 0 Å². The Morgan fingerprint density at radius 3 is 2.87 bits per heavy atom. The Balaban J connectivity index is 1.92. The number of hydrogen-bond donors (Lipinski definition) is 1. The summed E-state index contributed by atoms with van der Waals surface area (Å²) in [5.41, 5.74) is 0.630. The maximum absolute atomic E-state index is 12.4. The van der Waals surface area contributed by atoms with Crippen molar-refractivity contribution in [1.82, 2.24) is 15.2 Å². The van der Waals surface area contributed by atoms with Crippen molar-refractivity contribution in [3.8, 4) is 0 Å². The highest BCUT2D eigenvalue weighted by atomic mass is 32.1. The van der Waals surface area contributed by atoms with Gasteiger partial charge in [0.1, 0.15) is 5.60 Å². The molecule has 1 fully saturated rings. The SMILES string of the molecule is Cc1nc(C(C)NCC2CCCCN2C(=O)OC(C)(C)C)cs1. The van der Waals surface area contributed by atoms with Gasteiger partial charge in [0.25, 0.3) is 0 Å². The fraction of sp³-hybridized carbons (Fsp3) is 0.765. The predicted molar refractivity (Wildman–Crippen MR) is 93.8 cm³/mol. The fourth-order valence-electron chi connectivity index (χ4n) is 2.77. The molecule has 0 bridgehead atoms. The molecule has 1 amide bonds. The van der Waals surface area contributed by atoms with Crippen LogP contribution in [0, 0.1) is 6.92 Å². The molecule has 0 radical (unpaired) electrons. The number of likely N-dealkylation sites (tertiary alicyclic amines) is 1. The number of carbonyl (C=O) groups excluding carboxylic acids is 1. The van der Waals surface area contributed by atoms with Crippen molar-refractivity contribution < 1.29 is 9.53 Å². The lowest BCUT2D eigenvalue weighted by Gasteiger charge is -2.37. The van der Waals surface area contributed by atoms with Gasteiger partial charge in [-0.15, -0.1) is 11.3 Å². The van der Waals surface area contributed by atoms with Crippen LogP contribution in [0.4, 0.5) is 4.79 Å². The first-order valence-corrected chi connectivity index (χ1v) is 9.29. The van der Waals surface area contributed by atoms with Gasteiger partial charge in [0.15, 0.2) is 0 Å². The second-order valence-corrected chi connectivity index (χ2v) is 8.31. The van der Waals surface area contributed by atoms with E-state index in [2.05, 4.69) is 22.6 Å². The molecule has 1 aliphatic rings. The van der Waals surface area contributed by atoms with Gasteiger partial charge in [0.05, 0.1) is 10.7 Å². The molecular weight excluding hydrogens is 310 g/mol. The number of hydrogen-bond acceptors (Lipinski definition) is 5. The summed E-state index contributed by atoms with van der Waals surface area (Å²) in [5, 5.41) is 6.71. The van der Waals surface area contributed by atoms with Gasteiger partial charge in [-0.1, -0.05) is 0 Å². The van der Waals surface area contributed by atoms with Crippen LogP contribution >= 0.6 is 11.3 Å². The van der Waals surface area contributed by atoms with Crippen molar-refractivity contribution in [2.45, 2.75) is 71.6 Å². The van der Waals surface area contributed by atoms with Crippen molar-refractivity contribution in [3.63, 3.8) is 0 Å². The van der Waals surface area contributed by atoms with Crippen molar-refractivity contribution in [1.29, 1.82) is 0 Å². The molecule has 2 rings (SSSR count). The van der Waals surface area contributed by atoms with E-state index in [9.17, 15) is 4.79 Å². The van der Waals surface area contributed by atoms with Gasteiger partial charge < -0.3 is 15.0 Å². The van der Waals surface area contributed by atoms with E-state index in [1.54, 1.807) is 11.3 Å². The van der Waals surface area contributed by atoms with E-state index in [1.807, 2.05) is 32.6 Å². The number of piperidine rings is 1. The summed E-state index contributed by atoms with van der Waals surface area (Å²) in [6.45, 7) is 11.4. The molecule has 1 aromatic heterocycles. The third-order valence-electron chi connectivity index (χ3n) is 4.00. The third-order valence-corrected chi connectivity index (χ3v) is 4.79. The Kier molecular flexibility index (Phi) is 6.03. The molecule has 2 atom stereocenters. The highest BCUT2D eigenvalue weighted by Crippen LogP contribution is 2.21. The van der Waals surface area contributed by atoms with Crippen molar-refractivity contribution in [2.75, 3.05) is 13.1 Å². The van der Waals surface area contributed by atoms with Crippen LogP contribution in [0.1, 0.15) is 63.7 Å². The van der Waals surface area contributed by atoms with Gasteiger partial charge >= 0.3 is 6.09 Å². The maximum atomic E-state index is 12.4. The topological polar surface area (TPSA) is 54.5 Å². The average molecular weight is 340 g/mol. The van der Waals surface area contributed by atoms with Crippen molar-refractivity contribution >= 4 is 17.4 Å². The van der Waals surface area contributed by atoms with E-state index in [0.717, 1.165) is 43.1 Å². The van der Waals surface area contributed by atoms with Gasteiger partial charge in [-0.2, -0.15) is 0 Å². The fourth-order valence-corrected chi connectivity index (χ4v) is 3.48. The van der Waals surface area contributed by atoms with Crippen LogP contribution in [0.3, 0.4) is 0 Å². The van der Waals surface area contributed by atoms with E-state index < -0.39 is 5.60 Å². The third kappa shape index (κ3) is 5.46. The van der Waals surface area contributed by atoms with Crippen LogP contribution in [0.25, 0.3) is 0 Å². The highest BCUT2D eigenvalue weighted by Gasteiger charge is 2.30. The molecule has 0 aromatic carbocycles. The van der Waals surface area contributed by atoms with Crippen LogP contribution in [0.2, 0.25) is 0 Å². The Hall–Kier alpha value is -1.14. The van der Waals surface area contributed by atoms with E-state index in [-0.39, 0.29) is 18.2 Å². The number of carbonyl (C=O) groups is 1. The van der Waals surface area contributed by atoms with E-state index in [0.29, 0.717) is 0 Å². The normalized spacial score (nSPS) is 20.4. The average Bonchev–Trinajstić information content (AvgIpc) is 2.90. The Morgan fingerprint density at radius 2 is 2.26 bits per heavy atom. The first-order valence-electron chi connectivity index (χ1n) is 8.41. The minimum Gasteiger partial charge on any atom is -0.444 e. The number of amides is 1. The second kappa shape index (κ2) is 7.62. The number of thiazole rings is 1. The van der Waals surface area contributed by atoms with Crippen molar-refractivity contribution in [3.05, 3.63) is 16.1 Å². The molecule has 1 N–H and O–H groups in total. The minimum atomic E-state index is -0.447. The van der Waals surface area contributed by atoms with Crippen LogP contribution in [-0.2, 0) is 4.74 Å². The molecule has 6 heteroatoms. The highest BCUT2D eigenvalue weighted by molar-refractivity contribution is 7.09. The molecule has 2 heterocycles. The van der Waals surface area contributed by atoms with E-state index >= 15 is 0 Å². The molecular formula is C17H29N3O2S. The van der Waals surface area contributed by atoms with Gasteiger partial charge in [-0.3, -0.25) is 0 Å². The van der Waals surface area contributed by atoms with Crippen LogP contribution in [-0.4, -0.2) is 40.7 Å². The summed E-state index contributed by atoms with van der Waals surface area (Å²) in [4.78, 5) is 18.8. The largest absolute Gasteiger partial charge is 0.444 e. The summed E-state index contributed by atoms with van der Waals surface area (Å²) < 4.78 is 5.55. The summed E-state index contributed by atoms with van der Waals surface area (Å²) in [6, 6.07) is 0.392. The quantitative estimate of drug-likeness (QED) is 0.904. The van der Waals surface area contributed by atoms with Gasteiger partial charge in [-0.25, -0.2) is 9.78 Å². The zero-order valence-electron chi connectivity index (χ0n) is 14.9. The Morgan fingerprint density at radius 1 is 1.52 bits per heavy atom. The second-order valence-electron chi connectivity index (χ2n) is 7.24. The monoisotopic (exact) mass is 339 g/mol. The molecule has 0 spiro atoms. The molecule has 0 saturated carbocycles. The molecule has 130 valence electrons. The number of ether oxygens (including phenoxy) is 1. The van der Waals surface area contributed by atoms with Gasteiger partial charge in [0.2, 0.25) is 0 Å². The molecule has 5 nitrogen and oxygen atoms in total. The first kappa shape index (κ1) is 18.2. The van der Waals surface area contributed by atoms with E-state index in [1.165, 1.54) is 0 Å². The summed E-state index contributed by atoms with van der Waals surface area (Å²) in [6.07, 6.45) is 3.04. The molecule has 2 unspecified atom stereocenters. The number of rotatable bonds is 4. The summed E-state index contributed by atoms with van der Waals surface area (Å²) in [5.74, 6) is 0. The Bertz CT molecular complexity index is 524. The molecule has 1 aromatic rings.